The summed E-state index contributed by atoms with van der Waals surface area (Å²) in [6.07, 6.45) is -4.69. The van der Waals surface area contributed by atoms with Gasteiger partial charge in [0.15, 0.2) is 0 Å². The number of rotatable bonds is 2. The van der Waals surface area contributed by atoms with Gasteiger partial charge in [-0.2, -0.15) is 13.2 Å². The second-order valence-corrected chi connectivity index (χ2v) is 4.43. The normalized spacial score (nSPS) is 11.0. The molecule has 0 saturated heterocycles. The van der Waals surface area contributed by atoms with Crippen LogP contribution in [-0.2, 0) is 15.8 Å². The monoisotopic (exact) mass is 326 g/mol. The van der Waals surface area contributed by atoms with Gasteiger partial charge in [-0.1, -0.05) is 24.3 Å². The lowest BCUT2D eigenvalue weighted by atomic mass is 10.1. The van der Waals surface area contributed by atoms with E-state index in [9.17, 15) is 27.2 Å². The van der Waals surface area contributed by atoms with Gasteiger partial charge in [-0.3, -0.25) is 9.59 Å². The van der Waals surface area contributed by atoms with Crippen LogP contribution in [0, 0.1) is 5.82 Å². The average molecular weight is 326 g/mol. The van der Waals surface area contributed by atoms with E-state index in [0.29, 0.717) is 0 Å². The van der Waals surface area contributed by atoms with Crippen molar-refractivity contribution in [2.24, 2.45) is 0 Å². The van der Waals surface area contributed by atoms with Crippen LogP contribution in [0.3, 0.4) is 0 Å². The highest BCUT2D eigenvalue weighted by atomic mass is 19.4. The average Bonchev–Trinajstić information content (AvgIpc) is 2.49. The Hall–Kier alpha value is -2.90. The molecular formula is C15H10F4N2O2. The fourth-order valence-electron chi connectivity index (χ4n) is 1.76. The van der Waals surface area contributed by atoms with Crippen molar-refractivity contribution < 1.29 is 27.2 Å². The first-order chi connectivity index (χ1) is 10.8. The third-order valence-electron chi connectivity index (χ3n) is 2.81. The van der Waals surface area contributed by atoms with Crippen molar-refractivity contribution in [2.75, 3.05) is 10.6 Å². The second kappa shape index (κ2) is 6.47. The molecule has 2 aromatic rings. The van der Waals surface area contributed by atoms with Gasteiger partial charge in [-0.05, 0) is 24.3 Å². The maximum absolute atomic E-state index is 13.4. The van der Waals surface area contributed by atoms with E-state index >= 15 is 0 Å². The first-order valence-corrected chi connectivity index (χ1v) is 6.32. The minimum Gasteiger partial charge on any atom is -0.317 e. The van der Waals surface area contributed by atoms with Crippen molar-refractivity contribution in [1.29, 1.82) is 0 Å². The lowest BCUT2D eigenvalue weighted by Crippen LogP contribution is -2.30. The quantitative estimate of drug-likeness (QED) is 0.656. The highest BCUT2D eigenvalue weighted by Crippen LogP contribution is 2.34. The number of alkyl halides is 3. The van der Waals surface area contributed by atoms with Gasteiger partial charge in [0.05, 0.1) is 16.9 Å². The molecule has 2 rings (SSSR count). The zero-order valence-electron chi connectivity index (χ0n) is 11.4. The zero-order valence-corrected chi connectivity index (χ0v) is 11.4. The summed E-state index contributed by atoms with van der Waals surface area (Å²) in [5.41, 5.74) is -1.91. The molecule has 0 unspecified atom stereocenters. The summed E-state index contributed by atoms with van der Waals surface area (Å²) < 4.78 is 51.8. The van der Waals surface area contributed by atoms with E-state index in [4.69, 9.17) is 0 Å². The molecule has 2 aromatic carbocycles. The van der Waals surface area contributed by atoms with Crippen LogP contribution in [0.2, 0.25) is 0 Å². The van der Waals surface area contributed by atoms with Gasteiger partial charge >= 0.3 is 18.0 Å². The fourth-order valence-corrected chi connectivity index (χ4v) is 1.76. The number of hydrogen-bond acceptors (Lipinski definition) is 2. The topological polar surface area (TPSA) is 58.2 Å². The van der Waals surface area contributed by atoms with Crippen LogP contribution in [-0.4, -0.2) is 11.8 Å². The SMILES string of the molecule is O=C(Nc1ccccc1F)C(=O)Nc1ccccc1C(F)(F)F. The Labute approximate surface area is 128 Å². The van der Waals surface area contributed by atoms with E-state index in [1.54, 1.807) is 0 Å². The summed E-state index contributed by atoms with van der Waals surface area (Å²) in [5, 5.41) is 3.84. The van der Waals surface area contributed by atoms with Gasteiger partial charge in [-0.25, -0.2) is 4.39 Å². The first-order valence-electron chi connectivity index (χ1n) is 6.32. The number of halogens is 4. The molecule has 4 nitrogen and oxygen atoms in total. The van der Waals surface area contributed by atoms with Crippen molar-refractivity contribution in [3.05, 3.63) is 59.9 Å². The Morgan fingerprint density at radius 2 is 1.26 bits per heavy atom. The molecular weight excluding hydrogens is 316 g/mol. The maximum atomic E-state index is 13.4. The van der Waals surface area contributed by atoms with Gasteiger partial charge in [0.1, 0.15) is 5.82 Å². The number of amides is 2. The van der Waals surface area contributed by atoms with E-state index in [0.717, 1.165) is 24.3 Å². The van der Waals surface area contributed by atoms with Crippen LogP contribution < -0.4 is 10.6 Å². The van der Waals surface area contributed by atoms with Gasteiger partial charge in [0, 0.05) is 0 Å². The molecule has 0 heterocycles. The summed E-state index contributed by atoms with van der Waals surface area (Å²) in [6.45, 7) is 0. The van der Waals surface area contributed by atoms with E-state index in [-0.39, 0.29) is 5.69 Å². The van der Waals surface area contributed by atoms with Crippen LogP contribution >= 0.6 is 0 Å². The lowest BCUT2D eigenvalue weighted by Gasteiger charge is -2.13. The van der Waals surface area contributed by atoms with Gasteiger partial charge in [0.25, 0.3) is 0 Å². The molecule has 8 heteroatoms. The molecule has 0 aromatic heterocycles. The molecule has 0 saturated carbocycles. The predicted octanol–water partition coefficient (Wildman–Crippen LogP) is 3.42. The number of hydrogen-bond donors (Lipinski definition) is 2. The largest absolute Gasteiger partial charge is 0.418 e. The third kappa shape index (κ3) is 4.06. The molecule has 120 valence electrons. The van der Waals surface area contributed by atoms with E-state index in [1.807, 2.05) is 10.6 Å². The summed E-state index contributed by atoms with van der Waals surface area (Å²) in [4.78, 5) is 23.4. The molecule has 0 aliphatic rings. The second-order valence-electron chi connectivity index (χ2n) is 4.43. The Morgan fingerprint density at radius 1 is 0.783 bits per heavy atom. The summed E-state index contributed by atoms with van der Waals surface area (Å²) in [6, 6.07) is 9.29. The Balaban J connectivity index is 2.14. The van der Waals surface area contributed by atoms with Crippen LogP contribution in [0.1, 0.15) is 5.56 Å². The van der Waals surface area contributed by atoms with E-state index < -0.39 is 35.1 Å². The maximum Gasteiger partial charge on any atom is 0.418 e. The number of para-hydroxylation sites is 2. The third-order valence-corrected chi connectivity index (χ3v) is 2.81. The van der Waals surface area contributed by atoms with Crippen LogP contribution in [0.5, 0.6) is 0 Å². The fraction of sp³-hybridized carbons (Fsp3) is 0.0667. The smallest absolute Gasteiger partial charge is 0.317 e. The van der Waals surface area contributed by atoms with Crippen molar-refractivity contribution in [1.82, 2.24) is 0 Å². The van der Waals surface area contributed by atoms with E-state index in [1.165, 1.54) is 24.3 Å². The van der Waals surface area contributed by atoms with Crippen LogP contribution in [0.25, 0.3) is 0 Å². The highest BCUT2D eigenvalue weighted by Gasteiger charge is 2.34. The van der Waals surface area contributed by atoms with Crippen LogP contribution in [0.4, 0.5) is 28.9 Å². The van der Waals surface area contributed by atoms with Crippen molar-refractivity contribution in [3.8, 4) is 0 Å². The molecule has 0 fully saturated rings. The summed E-state index contributed by atoms with van der Waals surface area (Å²) in [7, 11) is 0. The first kappa shape index (κ1) is 16.5. The number of anilines is 2. The van der Waals surface area contributed by atoms with Crippen molar-refractivity contribution in [3.63, 3.8) is 0 Å². The summed E-state index contributed by atoms with van der Waals surface area (Å²) in [5.74, 6) is -3.40. The zero-order chi connectivity index (χ0) is 17.0. The molecule has 2 N–H and O–H groups in total. The molecule has 23 heavy (non-hydrogen) atoms. The number of nitrogens with one attached hydrogen (secondary N) is 2. The van der Waals surface area contributed by atoms with Gasteiger partial charge in [-0.15, -0.1) is 0 Å². The Morgan fingerprint density at radius 3 is 1.83 bits per heavy atom. The van der Waals surface area contributed by atoms with E-state index in [2.05, 4.69) is 0 Å². The number of carbonyl (C=O) groups is 2. The van der Waals surface area contributed by atoms with Crippen molar-refractivity contribution in [2.45, 2.75) is 6.18 Å². The molecule has 0 aliphatic carbocycles. The minimum absolute atomic E-state index is 0.253. The van der Waals surface area contributed by atoms with Gasteiger partial charge < -0.3 is 10.6 Å². The number of benzene rings is 2. The molecule has 0 aliphatic heterocycles. The highest BCUT2D eigenvalue weighted by molar-refractivity contribution is 6.43. The summed E-state index contributed by atoms with van der Waals surface area (Å²) >= 11 is 0. The van der Waals surface area contributed by atoms with Crippen molar-refractivity contribution >= 4 is 23.2 Å². The Bertz CT molecular complexity index is 744. The molecule has 0 bridgehead atoms. The van der Waals surface area contributed by atoms with Crippen LogP contribution in [0.15, 0.2) is 48.5 Å². The molecule has 0 radical (unpaired) electrons. The minimum atomic E-state index is -4.69. The number of carbonyl (C=O) groups excluding carboxylic acids is 2. The van der Waals surface area contributed by atoms with Gasteiger partial charge in [0.2, 0.25) is 0 Å². The predicted molar refractivity (Wildman–Crippen MR) is 75.1 cm³/mol. The molecule has 0 atom stereocenters. The Kier molecular flexibility index (Phi) is 4.63. The standard InChI is InChI=1S/C15H10F4N2O2/c16-10-6-2-4-8-12(10)21-14(23)13(22)20-11-7-3-1-5-9(11)15(17,18)19/h1-8H,(H,20,22)(H,21,23). The lowest BCUT2D eigenvalue weighted by molar-refractivity contribution is -0.137. The molecule has 2 amide bonds. The molecule has 0 spiro atoms.